The molecule has 3 amide bonds. The monoisotopic (exact) mass is 399 g/mol. The molecule has 1 saturated heterocycles. The zero-order valence-corrected chi connectivity index (χ0v) is 16.7. The SMILES string of the molecule is CCOc1ccc(-n2c(C)cc(/C=C3\SC(=O)N(CC(N)=O)C3=O)c2C)cc1. The van der Waals surface area contributed by atoms with Crippen molar-refractivity contribution in [2.75, 3.05) is 13.2 Å². The van der Waals surface area contributed by atoms with Crippen molar-refractivity contribution in [2.24, 2.45) is 5.73 Å². The van der Waals surface area contributed by atoms with Crippen LogP contribution in [0, 0.1) is 13.8 Å². The number of nitrogens with zero attached hydrogens (tertiary/aromatic N) is 2. The molecular formula is C20H21N3O4S. The molecule has 1 aromatic heterocycles. The molecule has 0 aliphatic carbocycles. The summed E-state index contributed by atoms with van der Waals surface area (Å²) in [5.41, 5.74) is 8.84. The van der Waals surface area contributed by atoms with Crippen LogP contribution in [0.2, 0.25) is 0 Å². The second kappa shape index (κ2) is 7.93. The van der Waals surface area contributed by atoms with Crippen LogP contribution in [0.4, 0.5) is 4.79 Å². The minimum atomic E-state index is -0.725. The first-order chi connectivity index (χ1) is 13.3. The molecule has 1 aliphatic heterocycles. The van der Waals surface area contributed by atoms with Crippen LogP contribution in [0.5, 0.6) is 5.75 Å². The molecule has 0 saturated carbocycles. The van der Waals surface area contributed by atoms with E-state index in [4.69, 9.17) is 10.5 Å². The Morgan fingerprint density at radius 1 is 1.21 bits per heavy atom. The van der Waals surface area contributed by atoms with Gasteiger partial charge in [0.15, 0.2) is 0 Å². The van der Waals surface area contributed by atoms with Crippen molar-refractivity contribution >= 4 is 34.9 Å². The normalized spacial score (nSPS) is 15.5. The van der Waals surface area contributed by atoms with E-state index in [2.05, 4.69) is 4.57 Å². The van der Waals surface area contributed by atoms with E-state index < -0.39 is 23.6 Å². The van der Waals surface area contributed by atoms with E-state index in [1.165, 1.54) is 0 Å². The van der Waals surface area contributed by atoms with Gasteiger partial charge in [0.2, 0.25) is 5.91 Å². The number of benzene rings is 1. The second-order valence-electron chi connectivity index (χ2n) is 6.32. The van der Waals surface area contributed by atoms with Crippen LogP contribution in [0.3, 0.4) is 0 Å². The summed E-state index contributed by atoms with van der Waals surface area (Å²) < 4.78 is 7.55. The molecule has 3 rings (SSSR count). The maximum Gasteiger partial charge on any atom is 0.294 e. The van der Waals surface area contributed by atoms with Gasteiger partial charge in [-0.1, -0.05) is 0 Å². The van der Waals surface area contributed by atoms with E-state index in [1.54, 1.807) is 6.08 Å². The lowest BCUT2D eigenvalue weighted by Crippen LogP contribution is -2.36. The van der Waals surface area contributed by atoms with Crippen LogP contribution < -0.4 is 10.5 Å². The molecule has 2 aromatic rings. The number of hydrogen-bond donors (Lipinski definition) is 1. The van der Waals surface area contributed by atoms with Gasteiger partial charge in [0.1, 0.15) is 12.3 Å². The van der Waals surface area contributed by atoms with Crippen molar-refractivity contribution in [3.05, 3.63) is 52.2 Å². The number of carbonyl (C=O) groups is 3. The molecule has 2 heterocycles. The van der Waals surface area contributed by atoms with Crippen LogP contribution in [0.15, 0.2) is 35.2 Å². The number of nitrogens with two attached hydrogens (primary N) is 1. The molecule has 2 N–H and O–H groups in total. The average molecular weight is 399 g/mol. The van der Waals surface area contributed by atoms with Gasteiger partial charge in [0, 0.05) is 17.1 Å². The van der Waals surface area contributed by atoms with Crippen molar-refractivity contribution in [1.29, 1.82) is 0 Å². The van der Waals surface area contributed by atoms with Gasteiger partial charge in [-0.25, -0.2) is 0 Å². The fourth-order valence-corrected chi connectivity index (χ4v) is 3.95. The van der Waals surface area contributed by atoms with Crippen molar-refractivity contribution in [3.8, 4) is 11.4 Å². The van der Waals surface area contributed by atoms with Crippen molar-refractivity contribution in [1.82, 2.24) is 9.47 Å². The Hall–Kier alpha value is -3.00. The van der Waals surface area contributed by atoms with Gasteiger partial charge >= 0.3 is 0 Å². The predicted octanol–water partition coefficient (Wildman–Crippen LogP) is 3.01. The number of aromatic nitrogens is 1. The van der Waals surface area contributed by atoms with Crippen LogP contribution in [0.1, 0.15) is 23.9 Å². The van der Waals surface area contributed by atoms with E-state index in [1.807, 2.05) is 51.1 Å². The number of imide groups is 1. The summed E-state index contributed by atoms with van der Waals surface area (Å²) in [6.45, 7) is 6.05. The Morgan fingerprint density at radius 3 is 2.50 bits per heavy atom. The highest BCUT2D eigenvalue weighted by atomic mass is 32.2. The lowest BCUT2D eigenvalue weighted by atomic mass is 10.2. The van der Waals surface area contributed by atoms with E-state index in [0.717, 1.165) is 45.1 Å². The van der Waals surface area contributed by atoms with Gasteiger partial charge in [0.05, 0.1) is 11.5 Å². The predicted molar refractivity (Wildman–Crippen MR) is 108 cm³/mol. The van der Waals surface area contributed by atoms with Gasteiger partial charge in [-0.3, -0.25) is 19.3 Å². The van der Waals surface area contributed by atoms with Crippen molar-refractivity contribution in [2.45, 2.75) is 20.8 Å². The topological polar surface area (TPSA) is 94.6 Å². The average Bonchev–Trinajstić information content (AvgIpc) is 3.06. The molecule has 1 fully saturated rings. The highest BCUT2D eigenvalue weighted by Gasteiger charge is 2.36. The lowest BCUT2D eigenvalue weighted by Gasteiger charge is -2.11. The summed E-state index contributed by atoms with van der Waals surface area (Å²) in [4.78, 5) is 36.6. The van der Waals surface area contributed by atoms with E-state index in [9.17, 15) is 14.4 Å². The quantitative estimate of drug-likeness (QED) is 0.754. The van der Waals surface area contributed by atoms with E-state index in [-0.39, 0.29) is 4.91 Å². The third-order valence-corrected chi connectivity index (χ3v) is 5.26. The van der Waals surface area contributed by atoms with Crippen LogP contribution in [-0.2, 0) is 9.59 Å². The molecule has 146 valence electrons. The highest BCUT2D eigenvalue weighted by molar-refractivity contribution is 8.18. The van der Waals surface area contributed by atoms with Gasteiger partial charge < -0.3 is 15.0 Å². The van der Waals surface area contributed by atoms with Crippen molar-refractivity contribution in [3.63, 3.8) is 0 Å². The summed E-state index contributed by atoms with van der Waals surface area (Å²) in [5.74, 6) is -0.422. The number of rotatable bonds is 6. The molecule has 0 atom stereocenters. The van der Waals surface area contributed by atoms with Gasteiger partial charge in [-0.2, -0.15) is 0 Å². The summed E-state index contributed by atoms with van der Waals surface area (Å²) in [6.07, 6.45) is 1.68. The molecule has 1 aromatic carbocycles. The zero-order valence-electron chi connectivity index (χ0n) is 15.9. The Balaban J connectivity index is 1.92. The molecule has 1 aliphatic rings. The van der Waals surface area contributed by atoms with Gasteiger partial charge in [-0.05, 0) is 74.5 Å². The van der Waals surface area contributed by atoms with Gasteiger partial charge in [-0.15, -0.1) is 0 Å². The number of ether oxygens (including phenoxy) is 1. The Labute approximate surface area is 167 Å². The summed E-state index contributed by atoms with van der Waals surface area (Å²) in [5, 5.41) is -0.490. The maximum atomic E-state index is 12.4. The van der Waals surface area contributed by atoms with Crippen LogP contribution in [0.25, 0.3) is 11.8 Å². The molecule has 28 heavy (non-hydrogen) atoms. The fraction of sp³-hybridized carbons (Fsp3) is 0.250. The van der Waals surface area contributed by atoms with Crippen molar-refractivity contribution < 1.29 is 19.1 Å². The maximum absolute atomic E-state index is 12.4. The minimum Gasteiger partial charge on any atom is -0.494 e. The van der Waals surface area contributed by atoms with E-state index in [0.29, 0.717) is 6.61 Å². The molecule has 0 bridgehead atoms. The third-order valence-electron chi connectivity index (χ3n) is 4.35. The number of thioether (sulfide) groups is 1. The Morgan fingerprint density at radius 2 is 1.89 bits per heavy atom. The number of aryl methyl sites for hydroxylation is 1. The first-order valence-electron chi connectivity index (χ1n) is 8.77. The summed E-state index contributed by atoms with van der Waals surface area (Å²) in [6, 6.07) is 9.71. The van der Waals surface area contributed by atoms with Gasteiger partial charge in [0.25, 0.3) is 11.1 Å². The molecular weight excluding hydrogens is 378 g/mol. The summed E-state index contributed by atoms with van der Waals surface area (Å²) >= 11 is 0.811. The Kier molecular flexibility index (Phi) is 5.60. The van der Waals surface area contributed by atoms with E-state index >= 15 is 0 Å². The number of amides is 3. The standard InChI is InChI=1S/C20H21N3O4S/c1-4-27-16-7-5-15(6-8-16)23-12(2)9-14(13(23)3)10-17-19(25)22(11-18(21)24)20(26)28-17/h5-10H,4,11H2,1-3H3,(H2,21,24)/b17-10-. The fourth-order valence-electron chi connectivity index (χ4n) is 3.12. The lowest BCUT2D eigenvalue weighted by molar-refractivity contribution is -0.127. The largest absolute Gasteiger partial charge is 0.494 e. The summed E-state index contributed by atoms with van der Waals surface area (Å²) in [7, 11) is 0. The number of carbonyl (C=O) groups excluding carboxylic acids is 3. The zero-order chi connectivity index (χ0) is 20.4. The second-order valence-corrected chi connectivity index (χ2v) is 7.32. The molecule has 0 unspecified atom stereocenters. The number of hydrogen-bond acceptors (Lipinski definition) is 5. The molecule has 0 spiro atoms. The molecule has 8 heteroatoms. The molecule has 0 radical (unpaired) electrons. The highest BCUT2D eigenvalue weighted by Crippen LogP contribution is 2.33. The first kappa shape index (κ1) is 19.8. The minimum absolute atomic E-state index is 0.276. The molecule has 7 nitrogen and oxygen atoms in total. The Bertz CT molecular complexity index is 976. The smallest absolute Gasteiger partial charge is 0.294 e. The third kappa shape index (κ3) is 3.82. The first-order valence-corrected chi connectivity index (χ1v) is 9.59. The van der Waals surface area contributed by atoms with Crippen LogP contribution >= 0.6 is 11.8 Å². The van der Waals surface area contributed by atoms with Crippen LogP contribution in [-0.4, -0.2) is 39.7 Å². The number of primary amides is 1.